The van der Waals surface area contributed by atoms with Crippen LogP contribution < -0.4 is 4.74 Å². The average Bonchev–Trinajstić information content (AvgIpc) is 2.55. The molecular formula is C20H16O3. The fourth-order valence-electron chi connectivity index (χ4n) is 2.16. The molecule has 23 heavy (non-hydrogen) atoms. The maximum Gasteiger partial charge on any atom is 0.131 e. The SMILES string of the molecule is Oc1ccc(C=Cc2cc(O)cc(Oc3ccccc3)c2)cc1. The van der Waals surface area contributed by atoms with Crippen molar-refractivity contribution in [1.82, 2.24) is 0 Å². The van der Waals surface area contributed by atoms with Crippen molar-refractivity contribution in [3.8, 4) is 23.0 Å². The van der Waals surface area contributed by atoms with E-state index in [9.17, 15) is 10.2 Å². The second-order valence-corrected chi connectivity index (χ2v) is 5.10. The molecule has 3 nitrogen and oxygen atoms in total. The smallest absolute Gasteiger partial charge is 0.131 e. The Morgan fingerprint density at radius 3 is 2.04 bits per heavy atom. The number of aromatic hydroxyl groups is 2. The number of hydrogen-bond donors (Lipinski definition) is 2. The van der Waals surface area contributed by atoms with Crippen molar-refractivity contribution >= 4 is 12.2 Å². The van der Waals surface area contributed by atoms with Crippen LogP contribution in [0.1, 0.15) is 11.1 Å². The van der Waals surface area contributed by atoms with Crippen LogP contribution in [0.3, 0.4) is 0 Å². The maximum atomic E-state index is 9.86. The number of phenolic OH excluding ortho intramolecular Hbond substituents is 2. The minimum absolute atomic E-state index is 0.142. The number of para-hydroxylation sites is 1. The van der Waals surface area contributed by atoms with E-state index in [1.54, 1.807) is 24.3 Å². The van der Waals surface area contributed by atoms with Gasteiger partial charge in [0.15, 0.2) is 0 Å². The topological polar surface area (TPSA) is 49.7 Å². The van der Waals surface area contributed by atoms with Gasteiger partial charge in [-0.25, -0.2) is 0 Å². The van der Waals surface area contributed by atoms with E-state index in [1.165, 1.54) is 0 Å². The lowest BCUT2D eigenvalue weighted by atomic mass is 10.1. The molecule has 114 valence electrons. The molecule has 0 saturated heterocycles. The molecule has 3 rings (SSSR count). The number of benzene rings is 3. The van der Waals surface area contributed by atoms with Gasteiger partial charge in [0, 0.05) is 6.07 Å². The van der Waals surface area contributed by atoms with Crippen LogP contribution in [0.15, 0.2) is 72.8 Å². The molecule has 0 bridgehead atoms. The maximum absolute atomic E-state index is 9.86. The van der Waals surface area contributed by atoms with E-state index in [0.29, 0.717) is 11.5 Å². The first-order valence-corrected chi connectivity index (χ1v) is 7.23. The third-order valence-electron chi connectivity index (χ3n) is 3.25. The summed E-state index contributed by atoms with van der Waals surface area (Å²) in [6, 6.07) is 21.4. The summed E-state index contributed by atoms with van der Waals surface area (Å²) in [7, 11) is 0. The van der Waals surface area contributed by atoms with Crippen molar-refractivity contribution in [3.63, 3.8) is 0 Å². The summed E-state index contributed by atoms with van der Waals surface area (Å²) in [6.45, 7) is 0. The summed E-state index contributed by atoms with van der Waals surface area (Å²) in [5, 5.41) is 19.1. The molecule has 0 amide bonds. The van der Waals surface area contributed by atoms with E-state index in [-0.39, 0.29) is 11.5 Å². The molecule has 0 aliphatic heterocycles. The first kappa shape index (κ1) is 14.7. The lowest BCUT2D eigenvalue weighted by molar-refractivity contribution is 0.455. The molecule has 0 saturated carbocycles. The van der Waals surface area contributed by atoms with E-state index in [4.69, 9.17) is 4.74 Å². The molecule has 0 unspecified atom stereocenters. The second kappa shape index (κ2) is 6.71. The van der Waals surface area contributed by atoms with Crippen LogP contribution in [0.2, 0.25) is 0 Å². The Balaban J connectivity index is 1.81. The van der Waals surface area contributed by atoms with Crippen LogP contribution in [0.4, 0.5) is 0 Å². The number of ether oxygens (including phenoxy) is 1. The summed E-state index contributed by atoms with van der Waals surface area (Å²) in [4.78, 5) is 0. The standard InChI is InChI=1S/C20H16O3/c21-17-10-8-15(9-11-17)6-7-16-12-18(22)14-20(13-16)23-19-4-2-1-3-5-19/h1-14,21-22H. The fraction of sp³-hybridized carbons (Fsp3) is 0. The quantitative estimate of drug-likeness (QED) is 0.662. The van der Waals surface area contributed by atoms with Crippen LogP contribution in [0.25, 0.3) is 12.2 Å². The number of rotatable bonds is 4. The Morgan fingerprint density at radius 1 is 0.609 bits per heavy atom. The zero-order chi connectivity index (χ0) is 16.1. The molecule has 0 aromatic heterocycles. The summed E-state index contributed by atoms with van der Waals surface area (Å²) >= 11 is 0. The van der Waals surface area contributed by atoms with E-state index >= 15 is 0 Å². The second-order valence-electron chi connectivity index (χ2n) is 5.10. The minimum Gasteiger partial charge on any atom is -0.508 e. The van der Waals surface area contributed by atoms with Crippen molar-refractivity contribution in [2.24, 2.45) is 0 Å². The molecule has 2 N–H and O–H groups in total. The number of hydrogen-bond acceptors (Lipinski definition) is 3. The van der Waals surface area contributed by atoms with Crippen LogP contribution in [-0.4, -0.2) is 10.2 Å². The van der Waals surface area contributed by atoms with Gasteiger partial charge in [0.2, 0.25) is 0 Å². The lowest BCUT2D eigenvalue weighted by Crippen LogP contribution is -1.84. The highest BCUT2D eigenvalue weighted by atomic mass is 16.5. The molecule has 3 heteroatoms. The van der Waals surface area contributed by atoms with Crippen molar-refractivity contribution in [1.29, 1.82) is 0 Å². The Bertz CT molecular complexity index is 806. The van der Waals surface area contributed by atoms with E-state index in [2.05, 4.69) is 0 Å². The predicted molar refractivity (Wildman–Crippen MR) is 91.7 cm³/mol. The molecule has 0 aliphatic carbocycles. The van der Waals surface area contributed by atoms with Gasteiger partial charge < -0.3 is 14.9 Å². The van der Waals surface area contributed by atoms with E-state index in [0.717, 1.165) is 11.1 Å². The Hall–Kier alpha value is -3.20. The normalized spacial score (nSPS) is 10.8. The van der Waals surface area contributed by atoms with Gasteiger partial charge in [-0.1, -0.05) is 42.5 Å². The van der Waals surface area contributed by atoms with E-state index in [1.807, 2.05) is 60.7 Å². The summed E-state index contributed by atoms with van der Waals surface area (Å²) in [5.41, 5.74) is 1.78. The first-order valence-electron chi connectivity index (χ1n) is 7.23. The molecule has 3 aromatic carbocycles. The van der Waals surface area contributed by atoms with Gasteiger partial charge in [0.1, 0.15) is 23.0 Å². The molecular weight excluding hydrogens is 288 g/mol. The molecule has 0 radical (unpaired) electrons. The van der Waals surface area contributed by atoms with E-state index < -0.39 is 0 Å². The van der Waals surface area contributed by atoms with Gasteiger partial charge in [-0.3, -0.25) is 0 Å². The van der Waals surface area contributed by atoms with Gasteiger partial charge in [-0.2, -0.15) is 0 Å². The van der Waals surface area contributed by atoms with Crippen molar-refractivity contribution in [2.75, 3.05) is 0 Å². The Kier molecular flexibility index (Phi) is 4.29. The third kappa shape index (κ3) is 4.14. The Labute approximate surface area is 134 Å². The van der Waals surface area contributed by atoms with Gasteiger partial charge >= 0.3 is 0 Å². The summed E-state index contributed by atoms with van der Waals surface area (Å²) in [6.07, 6.45) is 3.78. The zero-order valence-electron chi connectivity index (χ0n) is 12.4. The zero-order valence-corrected chi connectivity index (χ0v) is 12.4. The average molecular weight is 304 g/mol. The number of phenols is 2. The molecule has 0 spiro atoms. The highest BCUT2D eigenvalue weighted by Gasteiger charge is 2.01. The van der Waals surface area contributed by atoms with Gasteiger partial charge in [0.05, 0.1) is 0 Å². The van der Waals surface area contributed by atoms with Crippen molar-refractivity contribution in [2.45, 2.75) is 0 Å². The molecule has 3 aromatic rings. The summed E-state index contributed by atoms with van der Waals surface area (Å²) in [5.74, 6) is 1.66. The first-order chi connectivity index (χ1) is 11.2. The highest BCUT2D eigenvalue weighted by molar-refractivity contribution is 5.71. The van der Waals surface area contributed by atoms with Gasteiger partial charge in [0.25, 0.3) is 0 Å². The monoisotopic (exact) mass is 304 g/mol. The fourth-order valence-corrected chi connectivity index (χ4v) is 2.16. The van der Waals surface area contributed by atoms with Crippen molar-refractivity contribution in [3.05, 3.63) is 83.9 Å². The minimum atomic E-state index is 0.142. The highest BCUT2D eigenvalue weighted by Crippen LogP contribution is 2.27. The van der Waals surface area contributed by atoms with Crippen LogP contribution in [-0.2, 0) is 0 Å². The van der Waals surface area contributed by atoms with Crippen LogP contribution >= 0.6 is 0 Å². The third-order valence-corrected chi connectivity index (χ3v) is 3.25. The largest absolute Gasteiger partial charge is 0.508 e. The molecule has 0 atom stereocenters. The van der Waals surface area contributed by atoms with Crippen LogP contribution in [0.5, 0.6) is 23.0 Å². The predicted octanol–water partition coefficient (Wildman–Crippen LogP) is 5.06. The van der Waals surface area contributed by atoms with Gasteiger partial charge in [-0.15, -0.1) is 0 Å². The van der Waals surface area contributed by atoms with Crippen molar-refractivity contribution < 1.29 is 14.9 Å². The molecule has 0 aliphatic rings. The Morgan fingerprint density at radius 2 is 1.30 bits per heavy atom. The molecule has 0 heterocycles. The summed E-state index contributed by atoms with van der Waals surface area (Å²) < 4.78 is 5.74. The van der Waals surface area contributed by atoms with Gasteiger partial charge in [-0.05, 0) is 47.5 Å². The van der Waals surface area contributed by atoms with Crippen LogP contribution in [0, 0.1) is 0 Å². The molecule has 0 fully saturated rings. The lowest BCUT2D eigenvalue weighted by Gasteiger charge is -2.07.